The molecule has 1 saturated heterocycles. The van der Waals surface area contributed by atoms with Crippen LogP contribution in [-0.4, -0.2) is 52.4 Å². The zero-order valence-corrected chi connectivity index (χ0v) is 18.2. The number of nitrogens with one attached hydrogen (secondary N) is 1. The molecule has 0 bridgehead atoms. The molecule has 1 aliphatic rings. The van der Waals surface area contributed by atoms with Crippen molar-refractivity contribution >= 4 is 35.2 Å². The first-order valence-corrected chi connectivity index (χ1v) is 10.9. The van der Waals surface area contributed by atoms with Gasteiger partial charge in [-0.25, -0.2) is 0 Å². The molecule has 0 spiro atoms. The Hall–Kier alpha value is -2.62. The van der Waals surface area contributed by atoms with Gasteiger partial charge < -0.3 is 16.0 Å². The van der Waals surface area contributed by atoms with Crippen molar-refractivity contribution in [1.82, 2.24) is 10.2 Å². The summed E-state index contributed by atoms with van der Waals surface area (Å²) in [5, 5.41) is 14.3. The number of likely N-dealkylation sites (tertiary alicyclic amines) is 1. The summed E-state index contributed by atoms with van der Waals surface area (Å²) in [5.41, 5.74) is 4.96. The summed E-state index contributed by atoms with van der Waals surface area (Å²) in [5.74, 6) is -0.567. The second-order valence-corrected chi connectivity index (χ2v) is 8.81. The minimum Gasteiger partial charge on any atom is -0.366 e. The average Bonchev–Trinajstić information content (AvgIpc) is 2.71. The minimum absolute atomic E-state index is 0.0304. The number of rotatable bonds is 8. The van der Waals surface area contributed by atoms with Crippen LogP contribution in [0.15, 0.2) is 23.1 Å². The van der Waals surface area contributed by atoms with E-state index in [0.717, 1.165) is 17.8 Å². The maximum absolute atomic E-state index is 12.5. The van der Waals surface area contributed by atoms with Crippen LogP contribution in [-0.2, 0) is 9.59 Å². The molecule has 164 valence electrons. The van der Waals surface area contributed by atoms with Gasteiger partial charge in [0.1, 0.15) is 0 Å². The van der Waals surface area contributed by atoms with Crippen molar-refractivity contribution in [2.24, 2.45) is 17.6 Å². The number of benzene rings is 1. The molecule has 0 saturated carbocycles. The van der Waals surface area contributed by atoms with Gasteiger partial charge in [-0.1, -0.05) is 13.8 Å². The largest absolute Gasteiger partial charge is 0.366 e. The molecule has 1 unspecified atom stereocenters. The number of nitro benzene ring substituents is 1. The molecule has 1 heterocycles. The van der Waals surface area contributed by atoms with Crippen LogP contribution in [0.25, 0.3) is 0 Å². The van der Waals surface area contributed by atoms with E-state index in [9.17, 15) is 24.5 Å². The zero-order valence-electron chi connectivity index (χ0n) is 17.4. The van der Waals surface area contributed by atoms with Gasteiger partial charge in [-0.3, -0.25) is 24.5 Å². The smallest absolute Gasteiger partial charge is 0.283 e. The summed E-state index contributed by atoms with van der Waals surface area (Å²) in [6.45, 7) is 7.05. The number of primary amides is 1. The lowest BCUT2D eigenvalue weighted by Gasteiger charge is -2.32. The molecule has 0 aliphatic carbocycles. The summed E-state index contributed by atoms with van der Waals surface area (Å²) in [7, 11) is 0. The molecule has 10 heteroatoms. The summed E-state index contributed by atoms with van der Waals surface area (Å²) in [4.78, 5) is 48.8. The van der Waals surface area contributed by atoms with Crippen molar-refractivity contribution in [2.75, 3.05) is 18.8 Å². The van der Waals surface area contributed by atoms with Crippen LogP contribution >= 0.6 is 11.8 Å². The SMILES string of the molecule is CC(C)C(C)NC(=O)C1CCN(C(=O)CSc2ccc(C(N)=O)cc2[N+](=O)[O-])CC1. The molecule has 1 aromatic rings. The number of thioether (sulfide) groups is 1. The van der Waals surface area contributed by atoms with Gasteiger partial charge >= 0.3 is 0 Å². The fourth-order valence-electron chi connectivity index (χ4n) is 3.07. The standard InChI is InChI=1S/C20H28N4O5S/c1-12(2)13(3)22-20(27)14-6-8-23(9-7-14)18(25)11-30-17-5-4-15(19(21)26)10-16(17)24(28)29/h4-5,10,12-14H,6-9,11H2,1-3H3,(H2,21,26)(H,22,27). The van der Waals surface area contributed by atoms with Crippen LogP contribution < -0.4 is 11.1 Å². The van der Waals surface area contributed by atoms with E-state index in [1.165, 1.54) is 12.1 Å². The number of piperidine rings is 1. The van der Waals surface area contributed by atoms with Gasteiger partial charge in [-0.15, -0.1) is 11.8 Å². The number of nitrogens with two attached hydrogens (primary N) is 1. The van der Waals surface area contributed by atoms with Gasteiger partial charge in [0.05, 0.1) is 15.6 Å². The lowest BCUT2D eigenvalue weighted by molar-refractivity contribution is -0.387. The number of hydrogen-bond donors (Lipinski definition) is 2. The van der Waals surface area contributed by atoms with E-state index >= 15 is 0 Å². The van der Waals surface area contributed by atoms with Crippen molar-refractivity contribution in [3.63, 3.8) is 0 Å². The van der Waals surface area contributed by atoms with Crippen molar-refractivity contribution < 1.29 is 19.3 Å². The predicted molar refractivity (Wildman–Crippen MR) is 114 cm³/mol. The monoisotopic (exact) mass is 436 g/mol. The minimum atomic E-state index is -0.750. The quantitative estimate of drug-likeness (QED) is 0.364. The van der Waals surface area contributed by atoms with Crippen molar-refractivity contribution in [3.8, 4) is 0 Å². The van der Waals surface area contributed by atoms with Crippen LogP contribution in [0.3, 0.4) is 0 Å². The Morgan fingerprint density at radius 2 is 1.90 bits per heavy atom. The molecule has 30 heavy (non-hydrogen) atoms. The number of nitrogens with zero attached hydrogens (tertiary/aromatic N) is 2. The molecule has 0 aromatic heterocycles. The predicted octanol–water partition coefficient (Wildman–Crippen LogP) is 2.19. The zero-order chi connectivity index (χ0) is 22.4. The van der Waals surface area contributed by atoms with Gasteiger partial charge in [-0.05, 0) is 37.8 Å². The molecule has 1 aromatic carbocycles. The number of nitro groups is 1. The van der Waals surface area contributed by atoms with E-state index in [2.05, 4.69) is 19.2 Å². The Morgan fingerprint density at radius 1 is 1.27 bits per heavy atom. The molecule has 3 N–H and O–H groups in total. The van der Waals surface area contributed by atoms with Crippen LogP contribution in [0.1, 0.15) is 44.0 Å². The first-order chi connectivity index (χ1) is 14.1. The molecule has 1 aliphatic heterocycles. The van der Waals surface area contributed by atoms with Crippen molar-refractivity contribution in [3.05, 3.63) is 33.9 Å². The van der Waals surface area contributed by atoms with Crippen LogP contribution in [0.2, 0.25) is 0 Å². The first kappa shape index (κ1) is 23.7. The van der Waals surface area contributed by atoms with Gasteiger partial charge in [0.15, 0.2) is 0 Å². The van der Waals surface area contributed by atoms with Gasteiger partial charge in [-0.2, -0.15) is 0 Å². The highest BCUT2D eigenvalue weighted by atomic mass is 32.2. The lowest BCUT2D eigenvalue weighted by Crippen LogP contribution is -2.46. The second kappa shape index (κ2) is 10.4. The molecule has 3 amide bonds. The molecule has 1 atom stereocenters. The third-order valence-electron chi connectivity index (χ3n) is 5.38. The Kier molecular flexibility index (Phi) is 8.22. The van der Waals surface area contributed by atoms with Crippen molar-refractivity contribution in [2.45, 2.75) is 44.6 Å². The summed E-state index contributed by atoms with van der Waals surface area (Å²) in [6, 6.07) is 4.06. The molecular weight excluding hydrogens is 408 g/mol. The Balaban J connectivity index is 1.89. The summed E-state index contributed by atoms with van der Waals surface area (Å²) >= 11 is 1.05. The maximum atomic E-state index is 12.5. The fraction of sp³-hybridized carbons (Fsp3) is 0.550. The Labute approximate surface area is 179 Å². The molecular formula is C20H28N4O5S. The van der Waals surface area contributed by atoms with E-state index in [4.69, 9.17) is 5.73 Å². The highest BCUT2D eigenvalue weighted by Crippen LogP contribution is 2.30. The second-order valence-electron chi connectivity index (χ2n) is 7.79. The van der Waals surface area contributed by atoms with Crippen molar-refractivity contribution in [1.29, 1.82) is 0 Å². The van der Waals surface area contributed by atoms with Gasteiger partial charge in [0.2, 0.25) is 17.7 Å². The molecule has 0 radical (unpaired) electrons. The lowest BCUT2D eigenvalue weighted by atomic mass is 9.95. The van der Waals surface area contributed by atoms with E-state index in [-0.39, 0.29) is 40.8 Å². The average molecular weight is 437 g/mol. The fourth-order valence-corrected chi connectivity index (χ4v) is 3.97. The number of carbonyl (C=O) groups is 3. The van der Waals surface area contributed by atoms with E-state index in [1.807, 2.05) is 6.92 Å². The Bertz CT molecular complexity index is 821. The topological polar surface area (TPSA) is 136 Å². The highest BCUT2D eigenvalue weighted by molar-refractivity contribution is 8.00. The van der Waals surface area contributed by atoms with Gasteiger partial charge in [0, 0.05) is 36.7 Å². The van der Waals surface area contributed by atoms with E-state index in [1.54, 1.807) is 4.90 Å². The van der Waals surface area contributed by atoms with Crippen LogP contribution in [0, 0.1) is 22.0 Å². The number of amides is 3. The van der Waals surface area contributed by atoms with E-state index in [0.29, 0.717) is 36.7 Å². The number of hydrogen-bond acceptors (Lipinski definition) is 6. The molecule has 1 fully saturated rings. The summed E-state index contributed by atoms with van der Waals surface area (Å²) in [6.07, 6.45) is 1.20. The third-order valence-corrected chi connectivity index (χ3v) is 6.43. The van der Waals surface area contributed by atoms with Crippen LogP contribution in [0.4, 0.5) is 5.69 Å². The first-order valence-electron chi connectivity index (χ1n) is 9.89. The van der Waals surface area contributed by atoms with E-state index < -0.39 is 10.8 Å². The Morgan fingerprint density at radius 3 is 2.43 bits per heavy atom. The maximum Gasteiger partial charge on any atom is 0.283 e. The highest BCUT2D eigenvalue weighted by Gasteiger charge is 2.28. The number of carbonyl (C=O) groups excluding carboxylic acids is 3. The van der Waals surface area contributed by atoms with Crippen LogP contribution in [0.5, 0.6) is 0 Å². The third kappa shape index (κ3) is 6.19. The molecule has 9 nitrogen and oxygen atoms in total. The molecule has 2 rings (SSSR count). The van der Waals surface area contributed by atoms with Gasteiger partial charge in [0.25, 0.3) is 5.69 Å². The summed E-state index contributed by atoms with van der Waals surface area (Å²) < 4.78 is 0. The normalized spacial score (nSPS) is 15.7.